The quantitative estimate of drug-likeness (QED) is 0.616. The third-order valence-corrected chi connectivity index (χ3v) is 5.46. The summed E-state index contributed by atoms with van der Waals surface area (Å²) in [4.78, 5) is 14.8. The van der Waals surface area contributed by atoms with Gasteiger partial charge in [0.25, 0.3) is 0 Å². The van der Waals surface area contributed by atoms with Crippen molar-refractivity contribution >= 4 is 5.91 Å². The molecule has 1 amide bonds. The third-order valence-electron chi connectivity index (χ3n) is 5.46. The number of carbonyl (C=O) groups is 1. The highest BCUT2D eigenvalue weighted by atomic mass is 16.5. The molecular formula is C24H31NO3. The monoisotopic (exact) mass is 381 g/mol. The summed E-state index contributed by atoms with van der Waals surface area (Å²) in [6.07, 6.45) is 4.65. The molecule has 4 nitrogen and oxygen atoms in total. The molecule has 1 fully saturated rings. The molecule has 0 aromatic heterocycles. The van der Waals surface area contributed by atoms with Crippen LogP contribution in [0.4, 0.5) is 0 Å². The van der Waals surface area contributed by atoms with E-state index in [2.05, 4.69) is 19.1 Å². The van der Waals surface area contributed by atoms with Gasteiger partial charge < -0.3 is 14.4 Å². The van der Waals surface area contributed by atoms with E-state index in [-0.39, 0.29) is 18.1 Å². The SMILES string of the molecule is CCCC[C@H]1[C@@H](OCc2ccccc2)CCC(=O)N1Cc1ccc(OC)cc1. The zero-order valence-electron chi connectivity index (χ0n) is 17.0. The number of methoxy groups -OCH3 is 1. The first kappa shape index (κ1) is 20.4. The van der Waals surface area contributed by atoms with E-state index in [9.17, 15) is 4.79 Å². The van der Waals surface area contributed by atoms with Crippen LogP contribution in [0.2, 0.25) is 0 Å². The standard InChI is InChI=1S/C24H31NO3/c1-3-4-10-22-23(28-18-20-8-6-5-7-9-20)15-16-24(26)25(22)17-19-11-13-21(27-2)14-12-19/h5-9,11-14,22-23H,3-4,10,15-18H2,1-2H3/t22-,23-/m0/s1. The summed E-state index contributed by atoms with van der Waals surface area (Å²) >= 11 is 0. The van der Waals surface area contributed by atoms with Crippen LogP contribution in [0.25, 0.3) is 0 Å². The van der Waals surface area contributed by atoms with Crippen LogP contribution in [-0.4, -0.2) is 30.1 Å². The molecule has 0 aliphatic carbocycles. The van der Waals surface area contributed by atoms with Gasteiger partial charge in [0.05, 0.1) is 25.9 Å². The Bertz CT molecular complexity index is 729. The lowest BCUT2D eigenvalue weighted by Crippen LogP contribution is -2.51. The zero-order chi connectivity index (χ0) is 19.8. The third kappa shape index (κ3) is 5.35. The van der Waals surface area contributed by atoms with Crippen molar-refractivity contribution < 1.29 is 14.3 Å². The highest BCUT2D eigenvalue weighted by molar-refractivity contribution is 5.77. The first-order valence-electron chi connectivity index (χ1n) is 10.3. The van der Waals surface area contributed by atoms with E-state index < -0.39 is 0 Å². The van der Waals surface area contributed by atoms with Crippen LogP contribution in [0.5, 0.6) is 5.75 Å². The number of carbonyl (C=O) groups excluding carboxylic acids is 1. The van der Waals surface area contributed by atoms with Crippen LogP contribution in [-0.2, 0) is 22.7 Å². The molecule has 2 aromatic carbocycles. The topological polar surface area (TPSA) is 38.8 Å². The molecule has 4 heteroatoms. The van der Waals surface area contributed by atoms with Gasteiger partial charge in [0.1, 0.15) is 5.75 Å². The number of amides is 1. The summed E-state index contributed by atoms with van der Waals surface area (Å²) in [5, 5.41) is 0. The molecule has 0 spiro atoms. The van der Waals surface area contributed by atoms with Crippen molar-refractivity contribution in [3.63, 3.8) is 0 Å². The van der Waals surface area contributed by atoms with Gasteiger partial charge >= 0.3 is 0 Å². The van der Waals surface area contributed by atoms with Crippen LogP contribution >= 0.6 is 0 Å². The zero-order valence-corrected chi connectivity index (χ0v) is 17.0. The molecule has 2 atom stereocenters. The van der Waals surface area contributed by atoms with E-state index in [4.69, 9.17) is 9.47 Å². The van der Waals surface area contributed by atoms with Crippen LogP contribution in [0.1, 0.15) is 50.2 Å². The van der Waals surface area contributed by atoms with Gasteiger partial charge in [-0.1, -0.05) is 62.2 Å². The Morgan fingerprint density at radius 1 is 1.04 bits per heavy atom. The van der Waals surface area contributed by atoms with E-state index >= 15 is 0 Å². The van der Waals surface area contributed by atoms with E-state index in [1.807, 2.05) is 47.4 Å². The van der Waals surface area contributed by atoms with Gasteiger partial charge in [-0.05, 0) is 36.1 Å². The second-order valence-corrected chi connectivity index (χ2v) is 7.45. The fourth-order valence-electron chi connectivity index (χ4n) is 3.85. The lowest BCUT2D eigenvalue weighted by Gasteiger charge is -2.41. The molecular weight excluding hydrogens is 350 g/mol. The van der Waals surface area contributed by atoms with E-state index in [1.54, 1.807) is 7.11 Å². The maximum Gasteiger partial charge on any atom is 0.223 e. The number of nitrogens with zero attached hydrogens (tertiary/aromatic N) is 1. The molecule has 1 heterocycles. The summed E-state index contributed by atoms with van der Waals surface area (Å²) in [5.74, 6) is 1.07. The first-order valence-corrected chi connectivity index (χ1v) is 10.3. The molecule has 28 heavy (non-hydrogen) atoms. The molecule has 0 saturated carbocycles. The molecule has 1 saturated heterocycles. The minimum atomic E-state index is 0.0858. The number of rotatable bonds is 9. The van der Waals surface area contributed by atoms with Gasteiger partial charge in [-0.15, -0.1) is 0 Å². The van der Waals surface area contributed by atoms with Crippen LogP contribution in [0.15, 0.2) is 54.6 Å². The Balaban J connectivity index is 1.71. The highest BCUT2D eigenvalue weighted by Gasteiger charge is 2.35. The van der Waals surface area contributed by atoms with E-state index in [0.717, 1.165) is 37.0 Å². The average molecular weight is 382 g/mol. The Morgan fingerprint density at radius 2 is 1.79 bits per heavy atom. The molecule has 1 aliphatic rings. The second kappa shape index (κ2) is 10.3. The summed E-state index contributed by atoms with van der Waals surface area (Å²) in [7, 11) is 1.67. The first-order chi connectivity index (χ1) is 13.7. The Hall–Kier alpha value is -2.33. The van der Waals surface area contributed by atoms with Crippen LogP contribution in [0, 0.1) is 0 Å². The van der Waals surface area contributed by atoms with Crippen molar-refractivity contribution in [2.75, 3.05) is 7.11 Å². The molecule has 0 N–H and O–H groups in total. The molecule has 1 aliphatic heterocycles. The molecule has 0 radical (unpaired) electrons. The van der Waals surface area contributed by atoms with Crippen molar-refractivity contribution in [2.24, 2.45) is 0 Å². The van der Waals surface area contributed by atoms with Gasteiger partial charge in [0, 0.05) is 13.0 Å². The number of hydrogen-bond acceptors (Lipinski definition) is 3. The van der Waals surface area contributed by atoms with Crippen molar-refractivity contribution in [1.29, 1.82) is 0 Å². The van der Waals surface area contributed by atoms with Crippen molar-refractivity contribution in [1.82, 2.24) is 4.90 Å². The Kier molecular flexibility index (Phi) is 7.49. The summed E-state index contributed by atoms with van der Waals surface area (Å²) in [5.41, 5.74) is 2.30. The lowest BCUT2D eigenvalue weighted by molar-refractivity contribution is -0.147. The molecule has 0 bridgehead atoms. The molecule has 150 valence electrons. The van der Waals surface area contributed by atoms with E-state index in [0.29, 0.717) is 19.6 Å². The maximum atomic E-state index is 12.8. The number of piperidine rings is 1. The van der Waals surface area contributed by atoms with Crippen LogP contribution < -0.4 is 4.74 Å². The van der Waals surface area contributed by atoms with Crippen molar-refractivity contribution in [2.45, 2.75) is 64.3 Å². The van der Waals surface area contributed by atoms with Gasteiger partial charge in [0.2, 0.25) is 5.91 Å². The number of benzene rings is 2. The lowest BCUT2D eigenvalue weighted by atomic mass is 9.93. The number of likely N-dealkylation sites (tertiary alicyclic amines) is 1. The maximum absolute atomic E-state index is 12.8. The highest BCUT2D eigenvalue weighted by Crippen LogP contribution is 2.28. The minimum absolute atomic E-state index is 0.0858. The smallest absolute Gasteiger partial charge is 0.223 e. The van der Waals surface area contributed by atoms with Crippen LogP contribution in [0.3, 0.4) is 0 Å². The normalized spacial score (nSPS) is 19.6. The minimum Gasteiger partial charge on any atom is -0.497 e. The molecule has 3 rings (SSSR count). The van der Waals surface area contributed by atoms with Gasteiger partial charge in [-0.2, -0.15) is 0 Å². The van der Waals surface area contributed by atoms with Gasteiger partial charge in [-0.25, -0.2) is 0 Å². The summed E-state index contributed by atoms with van der Waals surface area (Å²) < 4.78 is 11.6. The molecule has 2 aromatic rings. The largest absolute Gasteiger partial charge is 0.497 e. The predicted molar refractivity (Wildman–Crippen MR) is 111 cm³/mol. The number of ether oxygens (including phenoxy) is 2. The average Bonchev–Trinajstić information content (AvgIpc) is 2.74. The van der Waals surface area contributed by atoms with Crippen molar-refractivity contribution in [3.8, 4) is 5.75 Å². The predicted octanol–water partition coefficient (Wildman–Crippen LogP) is 4.96. The number of hydrogen-bond donors (Lipinski definition) is 0. The van der Waals surface area contributed by atoms with Gasteiger partial charge in [-0.3, -0.25) is 4.79 Å². The second-order valence-electron chi connectivity index (χ2n) is 7.45. The Morgan fingerprint density at radius 3 is 2.46 bits per heavy atom. The van der Waals surface area contributed by atoms with Gasteiger partial charge in [0.15, 0.2) is 0 Å². The fourth-order valence-corrected chi connectivity index (χ4v) is 3.85. The summed E-state index contributed by atoms with van der Waals surface area (Å²) in [6.45, 7) is 3.42. The van der Waals surface area contributed by atoms with Crippen molar-refractivity contribution in [3.05, 3.63) is 65.7 Å². The fraction of sp³-hybridized carbons (Fsp3) is 0.458. The van der Waals surface area contributed by atoms with E-state index in [1.165, 1.54) is 5.56 Å². The Labute approximate surface area is 168 Å². The number of unbranched alkanes of at least 4 members (excludes halogenated alkanes) is 1. The summed E-state index contributed by atoms with van der Waals surface area (Å²) in [6, 6.07) is 18.4. The molecule has 0 unspecified atom stereocenters.